The van der Waals surface area contributed by atoms with Crippen molar-refractivity contribution < 1.29 is 9.59 Å². The molecule has 0 bridgehead atoms. The molecule has 1 aromatic carbocycles. The molecule has 1 unspecified atom stereocenters. The molecular formula is C41H46N14O2. The fourth-order valence-corrected chi connectivity index (χ4v) is 8.57. The Morgan fingerprint density at radius 1 is 1.05 bits per heavy atom. The fraction of sp³-hybridized carbons (Fsp3) is 0.439. The first-order valence-corrected chi connectivity index (χ1v) is 19.7. The third kappa shape index (κ3) is 7.86. The van der Waals surface area contributed by atoms with E-state index >= 15 is 0 Å². The quantitative estimate of drug-likeness (QED) is 0.167. The molecule has 3 atom stereocenters. The Hall–Kier alpha value is -6.39. The van der Waals surface area contributed by atoms with Gasteiger partial charge >= 0.3 is 0 Å². The summed E-state index contributed by atoms with van der Waals surface area (Å²) < 4.78 is 3.27. The number of carbonyl (C=O) groups excluding carboxylic acids is 2. The van der Waals surface area contributed by atoms with Crippen LogP contribution in [0.5, 0.6) is 0 Å². The highest BCUT2D eigenvalue weighted by atomic mass is 16.2. The largest absolute Gasteiger partial charge is 0.383 e. The van der Waals surface area contributed by atoms with Gasteiger partial charge < -0.3 is 16.0 Å². The number of piperazine rings is 1. The SMILES string of the molecule is C[C@H](C#N)Nc1cc(-n2ncc3cc(C#N)c(N)nc32)ncc1-n1cc(C2CCC(CCN3CCN(c4ccc(C5CCC(=O)NC5=O)cc4)[C@@H](C)C3)CC2)nn1. The maximum absolute atomic E-state index is 12.3. The van der Waals surface area contributed by atoms with Crippen LogP contribution in [0.3, 0.4) is 0 Å². The Bertz CT molecular complexity index is 2360. The van der Waals surface area contributed by atoms with Crippen molar-refractivity contribution in [2.75, 3.05) is 42.1 Å². The van der Waals surface area contributed by atoms with Crippen LogP contribution in [0.4, 0.5) is 17.2 Å². The van der Waals surface area contributed by atoms with Gasteiger partial charge in [-0.3, -0.25) is 19.8 Å². The second kappa shape index (κ2) is 16.0. The molecule has 8 rings (SSSR count). The number of anilines is 3. The van der Waals surface area contributed by atoms with Gasteiger partial charge in [-0.25, -0.2) is 14.6 Å². The topological polar surface area (TPSA) is 213 Å². The van der Waals surface area contributed by atoms with Crippen molar-refractivity contribution in [1.82, 2.24) is 45.0 Å². The van der Waals surface area contributed by atoms with E-state index in [1.165, 1.54) is 12.1 Å². The standard InChI is InChI=1S/C41H46N14O2/c1-25(19-42)47-34-18-37(55-40-31(21-46-55)17-30(20-43)39(44)49-40)45-22-36(34)54-24-35(50-51-54)29-5-3-27(4-6-29)13-14-52-15-16-53(26(2)23-52)32-9-7-28(8-10-32)33-11-12-38(56)48-41(33)57/h7-10,17-18,21-22,24-27,29,33H,3-6,11-16,23H2,1-2H3,(H2,44,49)(H,45,47)(H,48,56,57)/t25-,26+,27?,29?,33?/m1/s1. The number of nitrogens with two attached hydrogens (primary N) is 1. The van der Waals surface area contributed by atoms with Crippen LogP contribution in [0.1, 0.15) is 87.4 Å². The van der Waals surface area contributed by atoms with Crippen molar-refractivity contribution in [3.05, 3.63) is 71.8 Å². The predicted molar refractivity (Wildman–Crippen MR) is 214 cm³/mol. The molecule has 1 aliphatic carbocycles. The van der Waals surface area contributed by atoms with Gasteiger partial charge in [0.2, 0.25) is 11.8 Å². The Kier molecular flexibility index (Phi) is 10.5. The van der Waals surface area contributed by atoms with Gasteiger partial charge in [0, 0.05) is 55.2 Å². The maximum Gasteiger partial charge on any atom is 0.234 e. The number of amides is 2. The van der Waals surface area contributed by atoms with Gasteiger partial charge in [-0.05, 0) is 88.6 Å². The van der Waals surface area contributed by atoms with Crippen LogP contribution in [0.25, 0.3) is 22.5 Å². The molecule has 5 aromatic rings. The van der Waals surface area contributed by atoms with Crippen molar-refractivity contribution in [2.45, 2.75) is 82.7 Å². The van der Waals surface area contributed by atoms with Crippen molar-refractivity contribution >= 4 is 40.0 Å². The first kappa shape index (κ1) is 37.5. The molecule has 3 aliphatic rings. The summed E-state index contributed by atoms with van der Waals surface area (Å²) in [5.41, 5.74) is 11.1. The second-order valence-electron chi connectivity index (χ2n) is 15.6. The van der Waals surface area contributed by atoms with E-state index in [1.54, 1.807) is 40.8 Å². The van der Waals surface area contributed by atoms with Crippen LogP contribution in [-0.2, 0) is 9.59 Å². The highest BCUT2D eigenvalue weighted by Crippen LogP contribution is 2.37. The number of rotatable bonds is 10. The van der Waals surface area contributed by atoms with E-state index in [0.717, 1.165) is 63.1 Å². The molecule has 16 heteroatoms. The molecule has 6 heterocycles. The first-order chi connectivity index (χ1) is 27.7. The lowest BCUT2D eigenvalue weighted by molar-refractivity contribution is -0.134. The van der Waals surface area contributed by atoms with Gasteiger partial charge in [0.15, 0.2) is 11.5 Å². The predicted octanol–water partition coefficient (Wildman–Crippen LogP) is 4.57. The molecule has 4 N–H and O–H groups in total. The molecule has 16 nitrogen and oxygen atoms in total. The number of hydrogen-bond donors (Lipinski definition) is 3. The van der Waals surface area contributed by atoms with Gasteiger partial charge in [-0.15, -0.1) is 5.10 Å². The van der Waals surface area contributed by atoms with E-state index in [2.05, 4.69) is 70.9 Å². The zero-order chi connectivity index (χ0) is 39.6. The lowest BCUT2D eigenvalue weighted by Gasteiger charge is -2.42. The lowest BCUT2D eigenvalue weighted by Crippen LogP contribution is -2.52. The molecule has 2 amide bonds. The van der Waals surface area contributed by atoms with Crippen LogP contribution in [0, 0.1) is 28.6 Å². The molecule has 4 aromatic heterocycles. The summed E-state index contributed by atoms with van der Waals surface area (Å²) in [6, 6.07) is 15.9. The monoisotopic (exact) mass is 766 g/mol. The van der Waals surface area contributed by atoms with Crippen molar-refractivity contribution in [3.8, 4) is 23.6 Å². The van der Waals surface area contributed by atoms with E-state index in [0.29, 0.717) is 58.9 Å². The van der Waals surface area contributed by atoms with Crippen LogP contribution in [0.2, 0.25) is 0 Å². The molecule has 292 valence electrons. The molecular weight excluding hydrogens is 721 g/mol. The summed E-state index contributed by atoms with van der Waals surface area (Å²) in [6.45, 7) is 8.15. The minimum atomic E-state index is -0.489. The number of carbonyl (C=O) groups is 2. The third-order valence-electron chi connectivity index (χ3n) is 11.8. The summed E-state index contributed by atoms with van der Waals surface area (Å²) in [6.07, 6.45) is 11.8. The lowest BCUT2D eigenvalue weighted by atomic mass is 9.79. The number of nitrogen functional groups attached to an aromatic ring is 1. The Balaban J connectivity index is 0.854. The summed E-state index contributed by atoms with van der Waals surface area (Å²) in [4.78, 5) is 38.0. The van der Waals surface area contributed by atoms with Gasteiger partial charge in [-0.1, -0.05) is 17.3 Å². The number of imide groups is 1. The van der Waals surface area contributed by atoms with Crippen molar-refractivity contribution in [3.63, 3.8) is 0 Å². The Morgan fingerprint density at radius 2 is 1.86 bits per heavy atom. The third-order valence-corrected chi connectivity index (χ3v) is 11.8. The van der Waals surface area contributed by atoms with E-state index in [9.17, 15) is 20.1 Å². The zero-order valence-electron chi connectivity index (χ0n) is 32.2. The highest BCUT2D eigenvalue weighted by Gasteiger charge is 2.30. The average molecular weight is 767 g/mol. The number of fused-ring (bicyclic) bond motifs is 1. The number of piperidine rings is 1. The molecule has 1 saturated carbocycles. The van der Waals surface area contributed by atoms with E-state index in [-0.39, 0.29) is 29.1 Å². The molecule has 3 fully saturated rings. The smallest absolute Gasteiger partial charge is 0.234 e. The molecule has 0 radical (unpaired) electrons. The number of nitrogens with zero attached hydrogens (tertiary/aromatic N) is 11. The zero-order valence-corrected chi connectivity index (χ0v) is 32.2. The van der Waals surface area contributed by atoms with Gasteiger partial charge in [0.1, 0.15) is 23.6 Å². The van der Waals surface area contributed by atoms with E-state index in [4.69, 9.17) is 5.73 Å². The van der Waals surface area contributed by atoms with E-state index < -0.39 is 6.04 Å². The van der Waals surface area contributed by atoms with Crippen LogP contribution < -0.4 is 21.3 Å². The minimum Gasteiger partial charge on any atom is -0.383 e. The summed E-state index contributed by atoms with van der Waals surface area (Å²) in [5.74, 6) is 0.941. The van der Waals surface area contributed by atoms with Crippen LogP contribution >= 0.6 is 0 Å². The minimum absolute atomic E-state index is 0.114. The summed E-state index contributed by atoms with van der Waals surface area (Å²) in [7, 11) is 0. The number of nitriles is 2. The molecule has 0 spiro atoms. The summed E-state index contributed by atoms with van der Waals surface area (Å²) in [5, 5.41) is 38.9. The number of benzene rings is 1. The number of nitrogens with one attached hydrogen (secondary N) is 2. The average Bonchev–Trinajstić information content (AvgIpc) is 3.88. The van der Waals surface area contributed by atoms with Crippen molar-refractivity contribution in [2.24, 2.45) is 5.92 Å². The molecule has 57 heavy (non-hydrogen) atoms. The van der Waals surface area contributed by atoms with Gasteiger partial charge in [0.25, 0.3) is 0 Å². The Morgan fingerprint density at radius 3 is 2.60 bits per heavy atom. The number of aromatic nitrogens is 7. The van der Waals surface area contributed by atoms with Crippen LogP contribution in [-0.4, -0.2) is 89.7 Å². The Labute approximate surface area is 330 Å². The molecule has 2 aliphatic heterocycles. The maximum atomic E-state index is 12.3. The second-order valence-corrected chi connectivity index (χ2v) is 15.6. The number of pyridine rings is 2. The van der Waals surface area contributed by atoms with E-state index in [1.807, 2.05) is 24.4 Å². The molecule has 2 saturated heterocycles. The number of hydrogen-bond acceptors (Lipinski definition) is 13. The van der Waals surface area contributed by atoms with Crippen molar-refractivity contribution in [1.29, 1.82) is 10.5 Å². The van der Waals surface area contributed by atoms with Gasteiger partial charge in [-0.2, -0.15) is 20.3 Å². The normalized spacial score (nSPS) is 22.1. The summed E-state index contributed by atoms with van der Waals surface area (Å²) >= 11 is 0. The first-order valence-electron chi connectivity index (χ1n) is 19.7. The van der Waals surface area contributed by atoms with Gasteiger partial charge in [0.05, 0.1) is 47.5 Å². The fourth-order valence-electron chi connectivity index (χ4n) is 8.57. The highest BCUT2D eigenvalue weighted by molar-refractivity contribution is 6.01. The van der Waals surface area contributed by atoms with Crippen LogP contribution in [0.15, 0.2) is 55.0 Å².